The third-order valence-corrected chi connectivity index (χ3v) is 2.04. The van der Waals surface area contributed by atoms with Crippen LogP contribution in [0.25, 0.3) is 0 Å². The molecule has 44 valence electrons. The van der Waals surface area contributed by atoms with Crippen LogP contribution in [0, 0.1) is 0 Å². The Morgan fingerprint density at radius 3 is 2.62 bits per heavy atom. The molecule has 1 rings (SSSR count). The average Bonchev–Trinajstić information content (AvgIpc) is 2.15. The van der Waals surface area contributed by atoms with Gasteiger partial charge in [0.25, 0.3) is 0 Å². The van der Waals surface area contributed by atoms with Crippen LogP contribution in [-0.2, 0) is 4.79 Å². The molecule has 2 nitrogen and oxygen atoms in total. The van der Waals surface area contributed by atoms with E-state index in [4.69, 9.17) is 5.11 Å². The maximum Gasteiger partial charge on any atom is 0.156 e. The maximum atomic E-state index is 9.79. The lowest BCUT2D eigenvalue weighted by atomic mass is 10.4. The molecule has 1 atom stereocenters. The monoisotopic (exact) mass is 224 g/mol. The fourth-order valence-corrected chi connectivity index (χ4v) is 1.08. The van der Waals surface area contributed by atoms with Crippen molar-refractivity contribution in [1.82, 2.24) is 0 Å². The zero-order valence-corrected chi connectivity index (χ0v) is 6.25. The Kier molecular flexibility index (Phi) is 1.40. The number of hydrogen-bond acceptors (Lipinski definition) is 2. The molecular weight excluding hydrogens is 219 g/mol. The lowest BCUT2D eigenvalue weighted by molar-refractivity contribution is -0.107. The van der Waals surface area contributed by atoms with Crippen molar-refractivity contribution in [2.45, 2.75) is 10.0 Å². The zero-order chi connectivity index (χ0) is 6.20. The SMILES string of the molecule is O=CCC1=C[C@@]1(O)I. The predicted molar refractivity (Wildman–Crippen MR) is 37.7 cm³/mol. The van der Waals surface area contributed by atoms with Gasteiger partial charge in [-0.15, -0.1) is 0 Å². The highest BCUT2D eigenvalue weighted by molar-refractivity contribution is 14.1. The van der Waals surface area contributed by atoms with Crippen molar-refractivity contribution in [2.24, 2.45) is 0 Å². The number of hydrogen-bond donors (Lipinski definition) is 1. The Labute approximate surface area is 60.7 Å². The molecule has 3 heteroatoms. The van der Waals surface area contributed by atoms with Gasteiger partial charge in [-0.25, -0.2) is 0 Å². The quantitative estimate of drug-likeness (QED) is 0.323. The van der Waals surface area contributed by atoms with Crippen LogP contribution in [0.5, 0.6) is 0 Å². The van der Waals surface area contributed by atoms with Crippen molar-refractivity contribution >= 4 is 28.9 Å². The van der Waals surface area contributed by atoms with Crippen LogP contribution in [0.15, 0.2) is 11.6 Å². The summed E-state index contributed by atoms with van der Waals surface area (Å²) < 4.78 is -0.751. The maximum absolute atomic E-state index is 9.79. The van der Waals surface area contributed by atoms with E-state index in [9.17, 15) is 4.79 Å². The van der Waals surface area contributed by atoms with Gasteiger partial charge in [0.15, 0.2) is 3.61 Å². The molecule has 0 aliphatic heterocycles. The first kappa shape index (κ1) is 6.22. The van der Waals surface area contributed by atoms with Gasteiger partial charge in [-0.2, -0.15) is 0 Å². The Morgan fingerprint density at radius 2 is 2.50 bits per heavy atom. The number of carbonyl (C=O) groups is 1. The van der Waals surface area contributed by atoms with E-state index in [1.54, 1.807) is 6.08 Å². The van der Waals surface area contributed by atoms with Crippen molar-refractivity contribution in [3.63, 3.8) is 0 Å². The fraction of sp³-hybridized carbons (Fsp3) is 0.400. The van der Waals surface area contributed by atoms with Crippen LogP contribution in [-0.4, -0.2) is 15.0 Å². The van der Waals surface area contributed by atoms with E-state index in [1.165, 1.54) is 0 Å². The highest BCUT2D eigenvalue weighted by Crippen LogP contribution is 2.42. The summed E-state index contributed by atoms with van der Waals surface area (Å²) in [7, 11) is 0. The second-order valence-corrected chi connectivity index (χ2v) is 3.36. The summed E-state index contributed by atoms with van der Waals surface area (Å²) in [5.74, 6) is 0. The minimum Gasteiger partial charge on any atom is -0.372 e. The van der Waals surface area contributed by atoms with Crippen LogP contribution in [0.4, 0.5) is 0 Å². The van der Waals surface area contributed by atoms with E-state index < -0.39 is 3.61 Å². The molecule has 0 saturated carbocycles. The van der Waals surface area contributed by atoms with E-state index in [2.05, 4.69) is 0 Å². The molecule has 0 heterocycles. The second-order valence-electron chi connectivity index (χ2n) is 1.71. The molecule has 0 amide bonds. The third kappa shape index (κ3) is 1.08. The Morgan fingerprint density at radius 1 is 2.00 bits per heavy atom. The van der Waals surface area contributed by atoms with Gasteiger partial charge in [-0.1, -0.05) is 0 Å². The molecule has 0 radical (unpaired) electrons. The summed E-state index contributed by atoms with van der Waals surface area (Å²) in [6, 6.07) is 0. The Hall–Kier alpha value is 0.1000. The molecule has 0 unspecified atom stereocenters. The molecule has 0 spiro atoms. The van der Waals surface area contributed by atoms with Crippen molar-refractivity contribution in [2.75, 3.05) is 0 Å². The Bertz CT molecular complexity index is 149. The smallest absolute Gasteiger partial charge is 0.156 e. The molecule has 0 aromatic heterocycles. The molecule has 0 aromatic rings. The highest BCUT2D eigenvalue weighted by atomic mass is 127. The van der Waals surface area contributed by atoms with Crippen LogP contribution in [0.2, 0.25) is 0 Å². The van der Waals surface area contributed by atoms with Gasteiger partial charge >= 0.3 is 0 Å². The molecule has 0 saturated heterocycles. The molecule has 0 bridgehead atoms. The van der Waals surface area contributed by atoms with Gasteiger partial charge in [0.2, 0.25) is 0 Å². The van der Waals surface area contributed by atoms with E-state index in [0.29, 0.717) is 6.42 Å². The number of aliphatic hydroxyl groups is 1. The number of alkyl halides is 1. The lowest BCUT2D eigenvalue weighted by Gasteiger charge is -1.94. The summed E-state index contributed by atoms with van der Waals surface area (Å²) in [5, 5.41) is 8.96. The summed E-state index contributed by atoms with van der Waals surface area (Å²) >= 11 is 1.88. The molecule has 1 aliphatic rings. The summed E-state index contributed by atoms with van der Waals surface area (Å²) in [5.41, 5.74) is 0.827. The van der Waals surface area contributed by atoms with Gasteiger partial charge in [0.1, 0.15) is 6.29 Å². The normalized spacial score (nSPS) is 34.0. The summed E-state index contributed by atoms with van der Waals surface area (Å²) in [6.07, 6.45) is 2.84. The number of rotatable bonds is 2. The third-order valence-electron chi connectivity index (χ3n) is 1.04. The predicted octanol–water partition coefficient (Wildman–Crippen LogP) is 0.639. The van der Waals surface area contributed by atoms with Crippen molar-refractivity contribution < 1.29 is 9.90 Å². The number of halogens is 1. The highest BCUT2D eigenvalue weighted by Gasteiger charge is 2.37. The van der Waals surface area contributed by atoms with Gasteiger partial charge in [0.05, 0.1) is 0 Å². The number of carbonyl (C=O) groups excluding carboxylic acids is 1. The minimum atomic E-state index is -0.751. The van der Waals surface area contributed by atoms with Crippen LogP contribution >= 0.6 is 22.6 Å². The standard InChI is InChI=1S/C5H5IO2/c6-5(8)3-4(5)1-2-7/h2-3,8H,1H2/t5-/m0/s1. The first-order valence-corrected chi connectivity index (χ1v) is 3.32. The van der Waals surface area contributed by atoms with E-state index >= 15 is 0 Å². The summed E-state index contributed by atoms with van der Waals surface area (Å²) in [4.78, 5) is 9.79. The summed E-state index contributed by atoms with van der Waals surface area (Å²) in [6.45, 7) is 0. The van der Waals surface area contributed by atoms with Crippen LogP contribution < -0.4 is 0 Å². The first-order chi connectivity index (χ1) is 3.67. The minimum absolute atomic E-state index is 0.374. The fourth-order valence-electron chi connectivity index (χ4n) is 0.487. The largest absolute Gasteiger partial charge is 0.372 e. The van der Waals surface area contributed by atoms with Crippen molar-refractivity contribution in [1.29, 1.82) is 0 Å². The lowest BCUT2D eigenvalue weighted by Crippen LogP contribution is -1.98. The van der Waals surface area contributed by atoms with E-state index in [0.717, 1.165) is 11.9 Å². The van der Waals surface area contributed by atoms with Crippen LogP contribution in [0.1, 0.15) is 6.42 Å². The first-order valence-electron chi connectivity index (χ1n) is 2.24. The zero-order valence-electron chi connectivity index (χ0n) is 4.10. The molecule has 0 fully saturated rings. The molecule has 0 aromatic carbocycles. The Balaban J connectivity index is 2.35. The molecule has 8 heavy (non-hydrogen) atoms. The van der Waals surface area contributed by atoms with E-state index in [1.807, 2.05) is 22.6 Å². The van der Waals surface area contributed by atoms with Gasteiger partial charge in [0, 0.05) is 6.42 Å². The molecule has 1 N–H and O–H groups in total. The van der Waals surface area contributed by atoms with Gasteiger partial charge in [-0.3, -0.25) is 0 Å². The van der Waals surface area contributed by atoms with Crippen LogP contribution in [0.3, 0.4) is 0 Å². The van der Waals surface area contributed by atoms with E-state index in [-0.39, 0.29) is 0 Å². The topological polar surface area (TPSA) is 37.3 Å². The number of aldehydes is 1. The van der Waals surface area contributed by atoms with Gasteiger partial charge in [-0.05, 0) is 34.2 Å². The van der Waals surface area contributed by atoms with Crippen molar-refractivity contribution in [3.8, 4) is 0 Å². The van der Waals surface area contributed by atoms with Gasteiger partial charge < -0.3 is 9.90 Å². The molecule has 1 aliphatic carbocycles. The average molecular weight is 224 g/mol. The second kappa shape index (κ2) is 1.80. The molecular formula is C5H5IO2. The van der Waals surface area contributed by atoms with Crippen molar-refractivity contribution in [3.05, 3.63) is 11.6 Å².